The number of aromatic nitrogens is 2. The van der Waals surface area contributed by atoms with Gasteiger partial charge in [-0.15, -0.1) is 0 Å². The summed E-state index contributed by atoms with van der Waals surface area (Å²) in [6.07, 6.45) is 3.73. The van der Waals surface area contributed by atoms with E-state index in [1.807, 2.05) is 27.7 Å². The first-order valence-corrected chi connectivity index (χ1v) is 14.1. The van der Waals surface area contributed by atoms with Gasteiger partial charge in [-0.2, -0.15) is 0 Å². The van der Waals surface area contributed by atoms with Crippen LogP contribution in [0.25, 0.3) is 5.57 Å². The van der Waals surface area contributed by atoms with Crippen LogP contribution in [0.4, 0.5) is 5.82 Å². The summed E-state index contributed by atoms with van der Waals surface area (Å²) in [5.74, 6) is 2.68. The SMILES string of the molecule is C=C(N)/C=C(\C=C(/C)c1cnc(NC(C)C)c(=O)n1CC(=O)NCc1ccc(C(C)N)c(O)c1)C(=O)NC(C)N.CC.NO. The number of phenolic OH excluding ortho intramolecular Hbond substituents is 1. The van der Waals surface area contributed by atoms with Crippen molar-refractivity contribution in [3.63, 3.8) is 0 Å². The number of amides is 2. The van der Waals surface area contributed by atoms with Crippen LogP contribution >= 0.6 is 0 Å². The van der Waals surface area contributed by atoms with Crippen LogP contribution in [0.5, 0.6) is 5.75 Å². The Morgan fingerprint density at radius 1 is 1.11 bits per heavy atom. The van der Waals surface area contributed by atoms with E-state index in [1.54, 1.807) is 32.9 Å². The van der Waals surface area contributed by atoms with Gasteiger partial charge in [-0.1, -0.05) is 32.6 Å². The summed E-state index contributed by atoms with van der Waals surface area (Å²) in [6.45, 7) is 16.2. The van der Waals surface area contributed by atoms with E-state index < -0.39 is 23.5 Å². The molecule has 0 radical (unpaired) electrons. The molecule has 0 spiro atoms. The molecule has 1 heterocycles. The first kappa shape index (κ1) is 39.5. The van der Waals surface area contributed by atoms with Crippen LogP contribution in [0.2, 0.25) is 0 Å². The number of phenols is 1. The minimum Gasteiger partial charge on any atom is -0.508 e. The summed E-state index contributed by atoms with van der Waals surface area (Å²) < 4.78 is 1.27. The molecule has 0 aliphatic carbocycles. The van der Waals surface area contributed by atoms with E-state index in [-0.39, 0.29) is 48.0 Å². The smallest absolute Gasteiger partial charge is 0.294 e. The second-order valence-electron chi connectivity index (χ2n) is 9.91. The van der Waals surface area contributed by atoms with Gasteiger partial charge in [-0.05, 0) is 64.0 Å². The van der Waals surface area contributed by atoms with E-state index in [9.17, 15) is 19.5 Å². The molecule has 2 amide bonds. The van der Waals surface area contributed by atoms with Crippen LogP contribution in [0.3, 0.4) is 0 Å². The minimum absolute atomic E-state index is 0.0386. The van der Waals surface area contributed by atoms with Crippen molar-refractivity contribution in [3.05, 3.63) is 81.6 Å². The zero-order valence-electron chi connectivity index (χ0n) is 26.6. The average molecular weight is 616 g/mol. The number of allylic oxidation sites excluding steroid dienone is 2. The number of carbonyl (C=O) groups is 2. The Hall–Kier alpha value is -4.50. The van der Waals surface area contributed by atoms with Crippen LogP contribution in [0.1, 0.15) is 71.3 Å². The number of benzene rings is 1. The maximum atomic E-state index is 13.4. The summed E-state index contributed by atoms with van der Waals surface area (Å²) in [5, 5.41) is 25.0. The second-order valence-corrected chi connectivity index (χ2v) is 9.91. The van der Waals surface area contributed by atoms with Crippen molar-refractivity contribution in [1.82, 2.24) is 20.2 Å². The van der Waals surface area contributed by atoms with Crippen LogP contribution in [0.15, 0.2) is 59.2 Å². The van der Waals surface area contributed by atoms with E-state index in [4.69, 9.17) is 22.4 Å². The topological polar surface area (TPSA) is 250 Å². The Balaban J connectivity index is 0.00000443. The fourth-order valence-electron chi connectivity index (χ4n) is 3.79. The van der Waals surface area contributed by atoms with Gasteiger partial charge in [0, 0.05) is 35.5 Å². The highest BCUT2D eigenvalue weighted by Gasteiger charge is 2.17. The molecule has 0 bridgehead atoms. The molecule has 1 aromatic carbocycles. The third-order valence-electron chi connectivity index (χ3n) is 5.59. The molecule has 0 fully saturated rings. The lowest BCUT2D eigenvalue weighted by molar-refractivity contribution is -0.122. The second kappa shape index (κ2) is 19.6. The highest BCUT2D eigenvalue weighted by Crippen LogP contribution is 2.23. The quantitative estimate of drug-likeness (QED) is 0.0719. The summed E-state index contributed by atoms with van der Waals surface area (Å²) in [6, 6.07) is 4.57. The Labute approximate surface area is 258 Å². The van der Waals surface area contributed by atoms with Crippen molar-refractivity contribution in [2.75, 3.05) is 5.32 Å². The molecule has 1 aromatic heterocycles. The first-order chi connectivity index (χ1) is 20.7. The summed E-state index contributed by atoms with van der Waals surface area (Å²) in [5.41, 5.74) is 19.1. The molecular formula is C30H49N9O5. The van der Waals surface area contributed by atoms with Crippen molar-refractivity contribution < 1.29 is 19.9 Å². The molecule has 2 rings (SSSR count). The molecule has 0 saturated carbocycles. The van der Waals surface area contributed by atoms with E-state index in [1.165, 1.54) is 29.0 Å². The molecule has 2 atom stereocenters. The van der Waals surface area contributed by atoms with Crippen molar-refractivity contribution in [2.45, 2.75) is 79.8 Å². The maximum absolute atomic E-state index is 13.4. The van der Waals surface area contributed by atoms with Gasteiger partial charge in [0.1, 0.15) is 12.3 Å². The number of carbonyl (C=O) groups excluding carboxylic acids is 2. The van der Waals surface area contributed by atoms with Gasteiger partial charge in [0.2, 0.25) is 5.91 Å². The molecule has 0 aliphatic rings. The number of hydrogen-bond acceptors (Lipinski definition) is 11. The van der Waals surface area contributed by atoms with Gasteiger partial charge in [0.15, 0.2) is 5.82 Å². The van der Waals surface area contributed by atoms with Crippen LogP contribution in [-0.2, 0) is 22.7 Å². The predicted octanol–water partition coefficient (Wildman–Crippen LogP) is 1.69. The average Bonchev–Trinajstić information content (AvgIpc) is 2.94. The zero-order chi connectivity index (χ0) is 34.1. The van der Waals surface area contributed by atoms with Crippen molar-refractivity contribution in [2.24, 2.45) is 23.1 Å². The van der Waals surface area contributed by atoms with E-state index in [0.717, 1.165) is 0 Å². The number of nitrogens with one attached hydrogen (secondary N) is 3. The Bertz CT molecular complexity index is 1380. The summed E-state index contributed by atoms with van der Waals surface area (Å²) in [7, 11) is 0. The standard InChI is InChI=1S/C28H40N8O4.C2H6.H3NO/c1-15(2)34-26-28(40)36(14-25(38)32-12-20-7-8-22(18(5)30)24(37)11-20)23(13-33-26)16(3)9-21(10-17(4)29)27(39)35-19(6)31;2*1-2/h7-11,13,15,18-19,37H,4,12,14,29-31H2,1-3,5-6H3,(H,32,38)(H,33,34)(H,35,39);1-2H3;2H,1H2/b16-9+,21-10+;;. The van der Waals surface area contributed by atoms with Crippen molar-refractivity contribution in [1.29, 1.82) is 0 Å². The fraction of sp³-hybridized carbons (Fsp3) is 0.400. The van der Waals surface area contributed by atoms with Crippen molar-refractivity contribution in [3.8, 4) is 5.75 Å². The van der Waals surface area contributed by atoms with E-state index >= 15 is 0 Å². The number of nitrogens with zero attached hydrogens (tertiary/aromatic N) is 2. The molecule has 0 aliphatic heterocycles. The molecule has 244 valence electrons. The first-order valence-electron chi connectivity index (χ1n) is 14.1. The fourth-order valence-corrected chi connectivity index (χ4v) is 3.79. The molecule has 2 unspecified atom stereocenters. The largest absolute Gasteiger partial charge is 0.508 e. The number of nitrogens with two attached hydrogens (primary N) is 4. The summed E-state index contributed by atoms with van der Waals surface area (Å²) in [4.78, 5) is 43.3. The number of aromatic hydroxyl groups is 1. The van der Waals surface area contributed by atoms with Crippen LogP contribution < -0.4 is 44.6 Å². The van der Waals surface area contributed by atoms with E-state index in [0.29, 0.717) is 22.4 Å². The van der Waals surface area contributed by atoms with Gasteiger partial charge in [-0.3, -0.25) is 19.0 Å². The van der Waals surface area contributed by atoms with Gasteiger partial charge in [0.05, 0.1) is 18.1 Å². The van der Waals surface area contributed by atoms with E-state index in [2.05, 4.69) is 33.4 Å². The lowest BCUT2D eigenvalue weighted by Crippen LogP contribution is -2.39. The number of hydrogen-bond donors (Lipinski definition) is 9. The lowest BCUT2D eigenvalue weighted by Gasteiger charge is -2.17. The predicted molar refractivity (Wildman–Crippen MR) is 174 cm³/mol. The normalized spacial score (nSPS) is 12.5. The summed E-state index contributed by atoms with van der Waals surface area (Å²) >= 11 is 0. The molecule has 13 N–H and O–H groups in total. The minimum atomic E-state index is -0.614. The zero-order valence-corrected chi connectivity index (χ0v) is 26.6. The highest BCUT2D eigenvalue weighted by molar-refractivity contribution is 5.98. The molecule has 14 heteroatoms. The molecule has 2 aromatic rings. The van der Waals surface area contributed by atoms with Crippen LogP contribution in [0, 0.1) is 0 Å². The molecule has 0 saturated heterocycles. The maximum Gasteiger partial charge on any atom is 0.294 e. The molecule has 44 heavy (non-hydrogen) atoms. The number of anilines is 1. The van der Waals surface area contributed by atoms with Gasteiger partial charge in [0.25, 0.3) is 11.5 Å². The lowest BCUT2D eigenvalue weighted by atomic mass is 10.1. The van der Waals surface area contributed by atoms with Gasteiger partial charge >= 0.3 is 0 Å². The Morgan fingerprint density at radius 3 is 2.23 bits per heavy atom. The molecule has 14 nitrogen and oxygen atoms in total. The van der Waals surface area contributed by atoms with Gasteiger partial charge < -0.3 is 43.5 Å². The van der Waals surface area contributed by atoms with Crippen LogP contribution in [-0.4, -0.2) is 43.9 Å². The third-order valence-corrected chi connectivity index (χ3v) is 5.59. The van der Waals surface area contributed by atoms with Crippen molar-refractivity contribution >= 4 is 23.2 Å². The molecular weight excluding hydrogens is 566 g/mol. The Morgan fingerprint density at radius 2 is 1.73 bits per heavy atom. The number of rotatable bonds is 12. The highest BCUT2D eigenvalue weighted by atomic mass is 16.4. The monoisotopic (exact) mass is 615 g/mol. The Kier molecular flexibility index (Phi) is 17.6. The van der Waals surface area contributed by atoms with Gasteiger partial charge in [-0.25, -0.2) is 10.9 Å². The third kappa shape index (κ3) is 12.8.